The van der Waals surface area contributed by atoms with Crippen LogP contribution in [0.2, 0.25) is 0 Å². The minimum absolute atomic E-state index is 0.00625. The number of aromatic amines is 1. The SMILES string of the molecule is COc1cccc2c1C(=O)c1c(O)c3c(c(O)c1C2=O)C[C@@](O)(/C(C)=N/OCC(=O)N[C@@H](CC(C)C)C(=O)N[C@@H](CCCNC(=N)N)C(=O)N[C@@H](CCCNC(=N)N)C(=O)N[C@@H](Cc1ccc(O)cc1)C(=O)N[C@H](C(=O)N[C@@H](Cc1cnc[nH]1)C(=O)N[C@@H](CC(C)C)C(=O)N1CCC[C@H]1C(=O)N[C@@H](Cc1ccc(O)cc1)C(=O)N[C@@H](C)C(=O)N[C@H](C(N)=O)[C@@H](C)O)C(C)C)C[C@@H]3O[C@H]1C[C@H](N)[C@H](O)[C@H](C)O1. The largest absolute Gasteiger partial charge is 0.508 e. The number of rotatable bonds is 48. The predicted octanol–water partition coefficient (Wildman–Crippen LogP) is -2.31. The lowest BCUT2D eigenvalue weighted by molar-refractivity contribution is -0.245. The Morgan fingerprint density at radius 1 is 0.631 bits per heavy atom. The van der Waals surface area contributed by atoms with Crippen LogP contribution in [0.1, 0.15) is 199 Å². The molecule has 4 aliphatic rings. The maximum atomic E-state index is 15.2. The van der Waals surface area contributed by atoms with Gasteiger partial charge in [0.15, 0.2) is 30.6 Å². The molecular weight excluding hydrogens is 1840 g/mol. The van der Waals surface area contributed by atoms with E-state index < -0.39 is 251 Å². The fraction of sp³-hybridized carbons (Fsp3) is 0.532. The fourth-order valence-corrected chi connectivity index (χ4v) is 17.1. The third-order valence-corrected chi connectivity index (χ3v) is 24.7. The van der Waals surface area contributed by atoms with Crippen LogP contribution in [0.25, 0.3) is 0 Å². The summed E-state index contributed by atoms with van der Waals surface area (Å²) in [7, 11) is 1.28. The first-order chi connectivity index (χ1) is 66.6. The van der Waals surface area contributed by atoms with Gasteiger partial charge in [-0.15, -0.1) is 0 Å². The van der Waals surface area contributed by atoms with E-state index in [0.717, 1.165) is 0 Å². The monoisotopic (exact) mass is 1970 g/mol. The zero-order valence-corrected chi connectivity index (χ0v) is 80.4. The van der Waals surface area contributed by atoms with E-state index in [0.29, 0.717) is 16.8 Å². The standard InChI is InChI=1S/C94H132N22O25/c1-43(2)32-60(106-68(120)41-139-115-49(10)94(137)38-56-71(67(39-94)141-69-37-57(95)76(121)48(9)140-69)80(125)73-72(78(56)123)77(122)55-16-12-20-66(138-11)70(55)79(73)124)86(131)108-58(17-13-29-102-92(97)98)83(128)107-59(18-14-30-103-93(99)100)84(129)109-62(35-51-23-27-54(119)28-24-51)88(133)113-74(45(5)6)90(135)111-63(36-52-40-101-42-104-52)87(132)112-64(33-44(3)4)91(136)116-31-15-19-65(116)89(134)110-61(34-50-21-25-53(118)26-22-50)85(130)105-46(7)82(127)114-75(47(8)117)81(96)126/h12,16,20-28,40,42-48,57-65,67,69,74-76,117-119,121,123,125,137H,13-15,17-19,29-39,41,95H2,1-11H3,(H2,96,126)(H,101,104)(H,105,130)(H,106,120)(H,107,128)(H,108,131)(H,109,129)(H,110,134)(H,111,135)(H,112,132)(H,113,133)(H,114,127)(H4,97,98,102)(H4,99,100,103)/b115-49+/t46-,47+,48-,57-,58-,59-,60-,61-,62-,63-,64-,65-,67-,69-,74-,75-,76+,94-/m0/s1. The molecule has 0 radical (unpaired) electrons. The number of benzene rings is 4. The van der Waals surface area contributed by atoms with Crippen molar-refractivity contribution < 1.29 is 122 Å². The average Bonchev–Trinajstić information content (AvgIpc) is 1.07. The Morgan fingerprint density at radius 3 is 1.69 bits per heavy atom. The molecule has 1 aromatic heterocycles. The Labute approximate surface area is 813 Å². The van der Waals surface area contributed by atoms with E-state index in [1.807, 2.05) is 0 Å². The van der Waals surface area contributed by atoms with Gasteiger partial charge in [-0.25, -0.2) is 4.98 Å². The highest BCUT2D eigenvalue weighted by molar-refractivity contribution is 6.31. The van der Waals surface area contributed by atoms with Crippen molar-refractivity contribution in [2.75, 3.05) is 33.4 Å². The number of aliphatic hydroxyl groups is 3. The predicted molar refractivity (Wildman–Crippen MR) is 507 cm³/mol. The number of phenolic OH excluding ortho intramolecular Hbond substituents is 4. The van der Waals surface area contributed by atoms with Crippen LogP contribution in [-0.2, 0) is 97.5 Å². The summed E-state index contributed by atoms with van der Waals surface area (Å²) >= 11 is 0. The van der Waals surface area contributed by atoms with Crippen LogP contribution < -0.4 is 91.5 Å². The number of H-pyrrole nitrogens is 1. The lowest BCUT2D eigenvalue weighted by atomic mass is 9.72. The van der Waals surface area contributed by atoms with Crippen LogP contribution in [0.3, 0.4) is 0 Å². The van der Waals surface area contributed by atoms with Gasteiger partial charge in [0.1, 0.15) is 101 Å². The number of hydrogen-bond acceptors (Lipinski definition) is 30. The Bertz CT molecular complexity index is 5380. The van der Waals surface area contributed by atoms with E-state index in [1.165, 1.54) is 119 Å². The highest BCUT2D eigenvalue weighted by atomic mass is 16.7. The van der Waals surface area contributed by atoms with Gasteiger partial charge in [0, 0.05) is 92.8 Å². The number of hydrogen-bond donors (Lipinski definition) is 26. The van der Waals surface area contributed by atoms with Crippen LogP contribution in [-0.4, -0.2) is 287 Å². The van der Waals surface area contributed by atoms with Crippen molar-refractivity contribution in [2.24, 2.45) is 45.8 Å². The zero-order valence-electron chi connectivity index (χ0n) is 80.4. The van der Waals surface area contributed by atoms with Gasteiger partial charge < -0.3 is 151 Å². The third-order valence-electron chi connectivity index (χ3n) is 24.7. The summed E-state index contributed by atoms with van der Waals surface area (Å²) in [6.07, 6.45) is -5.57. The number of ketones is 2. The number of primary amides is 1. The van der Waals surface area contributed by atoms with Crippen molar-refractivity contribution in [1.29, 1.82) is 10.8 Å². The van der Waals surface area contributed by atoms with Crippen molar-refractivity contribution in [2.45, 2.75) is 268 Å². The molecule has 47 nitrogen and oxygen atoms in total. The number of imidazole rings is 1. The number of guanidine groups is 2. The van der Waals surface area contributed by atoms with E-state index in [1.54, 1.807) is 41.5 Å². The van der Waals surface area contributed by atoms with Gasteiger partial charge in [-0.1, -0.05) is 83.1 Å². The number of nitrogens with one attached hydrogen (secondary N) is 15. The van der Waals surface area contributed by atoms with Gasteiger partial charge in [0.05, 0.1) is 60.3 Å². The number of oxime groups is 1. The molecule has 0 saturated carbocycles. The van der Waals surface area contributed by atoms with Gasteiger partial charge in [0.25, 0.3) is 5.91 Å². The lowest BCUT2D eigenvalue weighted by Gasteiger charge is -2.42. The Hall–Kier alpha value is -14.2. The van der Waals surface area contributed by atoms with E-state index in [9.17, 15) is 74.1 Å². The maximum absolute atomic E-state index is 15.2. The average molecular weight is 1970 g/mol. The van der Waals surface area contributed by atoms with Crippen molar-refractivity contribution in [3.63, 3.8) is 0 Å². The number of aliphatic hydroxyl groups excluding tert-OH is 2. The van der Waals surface area contributed by atoms with E-state index in [-0.39, 0.29) is 154 Å². The first kappa shape index (κ1) is 110. The number of likely N-dealkylation sites (tertiary alicyclic amines) is 1. The summed E-state index contributed by atoms with van der Waals surface area (Å²) < 4.78 is 17.8. The Balaban J connectivity index is 0.916. The van der Waals surface area contributed by atoms with Crippen molar-refractivity contribution in [3.05, 3.63) is 129 Å². The van der Waals surface area contributed by atoms with Gasteiger partial charge in [-0.05, 0) is 138 Å². The normalized spacial score (nSPS) is 20.0. The van der Waals surface area contributed by atoms with Crippen LogP contribution in [0.4, 0.5) is 0 Å². The number of ether oxygens (including phenoxy) is 3. The first-order valence-corrected chi connectivity index (χ1v) is 46.6. The molecule has 47 heteroatoms. The highest BCUT2D eigenvalue weighted by Gasteiger charge is 2.51. The molecule has 5 aromatic rings. The van der Waals surface area contributed by atoms with Crippen molar-refractivity contribution in [1.82, 2.24) is 78.7 Å². The topological polar surface area (TPSA) is 758 Å². The molecule has 4 aromatic carbocycles. The number of carbonyl (C=O) groups excluding carboxylic acids is 14. The quantitative estimate of drug-likeness (QED) is 0.00628. The third kappa shape index (κ3) is 29.7. The summed E-state index contributed by atoms with van der Waals surface area (Å²) in [5.41, 5.74) is 19.7. The number of phenols is 4. The van der Waals surface area contributed by atoms with Gasteiger partial charge in [-0.3, -0.25) is 77.9 Å². The summed E-state index contributed by atoms with van der Waals surface area (Å²) in [6.45, 7) is 14.6. The van der Waals surface area contributed by atoms with E-state index in [2.05, 4.69) is 78.9 Å². The van der Waals surface area contributed by atoms with Crippen molar-refractivity contribution >= 4 is 100 Å². The molecule has 18 atom stereocenters. The number of nitrogens with zero attached hydrogens (tertiary/aromatic N) is 3. The Kier molecular flexibility index (Phi) is 39.3. The van der Waals surface area contributed by atoms with Gasteiger partial charge in [-0.2, -0.15) is 0 Å². The second-order valence-corrected chi connectivity index (χ2v) is 37.0. The second-order valence-electron chi connectivity index (χ2n) is 37.0. The molecule has 9 rings (SSSR count). The summed E-state index contributed by atoms with van der Waals surface area (Å²) in [6, 6.07) is -1.60. The molecule has 0 spiro atoms. The molecule has 3 heterocycles. The molecule has 0 unspecified atom stereocenters. The number of aromatic hydroxyl groups is 4. The summed E-state index contributed by atoms with van der Waals surface area (Å²) in [5.74, 6) is -16.9. The molecule has 2 saturated heterocycles. The number of fused-ring (bicyclic) bond motifs is 3. The number of nitrogens with two attached hydrogens (primary N) is 4. The molecule has 0 bridgehead atoms. The zero-order chi connectivity index (χ0) is 104. The number of methoxy groups -OCH3 is 1. The Morgan fingerprint density at radius 2 is 1.15 bits per heavy atom. The first-order valence-electron chi connectivity index (χ1n) is 46.6. The molecule has 768 valence electrons. The summed E-state index contributed by atoms with van der Waals surface area (Å²) in [4.78, 5) is 216. The second kappa shape index (κ2) is 50.1. The molecule has 30 N–H and O–H groups in total. The van der Waals surface area contributed by atoms with Gasteiger partial charge >= 0.3 is 0 Å². The smallest absolute Gasteiger partial charge is 0.261 e. The molecule has 141 heavy (non-hydrogen) atoms. The minimum atomic E-state index is -2.21. The van der Waals surface area contributed by atoms with E-state index >= 15 is 28.8 Å². The molecular formula is C94H132N22O25. The maximum Gasteiger partial charge on any atom is 0.261 e. The number of carbonyl (C=O) groups is 14. The van der Waals surface area contributed by atoms with Crippen molar-refractivity contribution in [3.8, 4) is 28.7 Å². The number of amides is 12. The molecule has 2 aliphatic carbocycles. The molecule has 12 amide bonds. The van der Waals surface area contributed by atoms with E-state index in [4.69, 9.17) is 52.8 Å². The molecule has 2 fully saturated rings. The molecule has 2 aliphatic heterocycles. The summed E-state index contributed by atoms with van der Waals surface area (Å²) in [5, 5.41) is 130. The van der Waals surface area contributed by atoms with Crippen LogP contribution in [0.15, 0.2) is 84.4 Å². The fourth-order valence-electron chi connectivity index (χ4n) is 17.1. The van der Waals surface area contributed by atoms with Crippen LogP contribution in [0.5, 0.6) is 28.7 Å². The highest BCUT2D eigenvalue weighted by Crippen LogP contribution is 2.53. The van der Waals surface area contributed by atoms with Crippen LogP contribution in [0, 0.1) is 28.6 Å². The van der Waals surface area contributed by atoms with Crippen LogP contribution >= 0.6 is 0 Å². The van der Waals surface area contributed by atoms with Gasteiger partial charge in [0.2, 0.25) is 70.8 Å². The minimum Gasteiger partial charge on any atom is -0.508 e. The lowest BCUT2D eigenvalue weighted by Crippen LogP contribution is -2.62. The number of aromatic nitrogens is 2.